The molecule has 0 fully saturated rings. The van der Waals surface area contributed by atoms with Crippen LogP contribution < -0.4 is 5.56 Å². The van der Waals surface area contributed by atoms with Crippen LogP contribution in [0.5, 0.6) is 0 Å². The fourth-order valence-electron chi connectivity index (χ4n) is 3.60. The van der Waals surface area contributed by atoms with Crippen molar-refractivity contribution in [3.63, 3.8) is 0 Å². The second kappa shape index (κ2) is 9.37. The molecule has 0 aliphatic rings. The van der Waals surface area contributed by atoms with E-state index in [1.165, 1.54) is 0 Å². The molecule has 0 aliphatic heterocycles. The van der Waals surface area contributed by atoms with Crippen LogP contribution in [0, 0.1) is 18.3 Å². The minimum absolute atomic E-state index is 0.00560. The average molecular weight is 398 g/mol. The summed E-state index contributed by atoms with van der Waals surface area (Å²) in [5.74, 6) is 0.719. The molecular weight excluding hydrogens is 370 g/mol. The Labute approximate surface area is 178 Å². The van der Waals surface area contributed by atoms with Crippen LogP contribution in [0.3, 0.4) is 0 Å². The number of nitriles is 1. The van der Waals surface area contributed by atoms with Gasteiger partial charge in [0.25, 0.3) is 5.56 Å². The van der Waals surface area contributed by atoms with E-state index >= 15 is 0 Å². The van der Waals surface area contributed by atoms with Gasteiger partial charge in [-0.15, -0.1) is 0 Å². The summed E-state index contributed by atoms with van der Waals surface area (Å²) in [7, 11) is 0. The van der Waals surface area contributed by atoms with Crippen molar-refractivity contribution in [2.24, 2.45) is 0 Å². The van der Waals surface area contributed by atoms with E-state index in [4.69, 9.17) is 4.98 Å². The van der Waals surface area contributed by atoms with Crippen LogP contribution in [0.25, 0.3) is 17.3 Å². The Kier molecular flexibility index (Phi) is 6.64. The lowest BCUT2D eigenvalue weighted by Crippen LogP contribution is -2.26. The van der Waals surface area contributed by atoms with Crippen LogP contribution in [0.1, 0.15) is 55.4 Å². The maximum Gasteiger partial charge on any atom is 0.261 e. The van der Waals surface area contributed by atoms with Crippen molar-refractivity contribution < 1.29 is 0 Å². The molecule has 2 aromatic carbocycles. The highest BCUT2D eigenvalue weighted by atomic mass is 16.1. The first kappa shape index (κ1) is 21.3. The molecule has 0 amide bonds. The maximum absolute atomic E-state index is 13.2. The van der Waals surface area contributed by atoms with Gasteiger partial charge in [0, 0.05) is 18.2 Å². The van der Waals surface area contributed by atoms with Gasteiger partial charge in [0.2, 0.25) is 0 Å². The number of nitrogens with zero attached hydrogens (tertiary/aromatic N) is 3. The molecule has 30 heavy (non-hydrogen) atoms. The Balaban J connectivity index is 2.01. The quantitative estimate of drug-likeness (QED) is 0.551. The van der Waals surface area contributed by atoms with Crippen LogP contribution in [0.15, 0.2) is 58.9 Å². The molecule has 3 rings (SSSR count). The molecule has 0 unspecified atom stereocenters. The van der Waals surface area contributed by atoms with Crippen molar-refractivity contribution in [2.45, 2.75) is 47.0 Å². The lowest BCUT2D eigenvalue weighted by molar-refractivity contribution is 0.789. The van der Waals surface area contributed by atoms with E-state index in [0.717, 1.165) is 52.2 Å². The van der Waals surface area contributed by atoms with Crippen LogP contribution in [0.4, 0.5) is 0 Å². The Bertz CT molecular complexity index is 1170. The third-order valence-corrected chi connectivity index (χ3v) is 5.04. The molecule has 0 saturated carbocycles. The number of rotatable bonds is 6. The predicted molar refractivity (Wildman–Crippen MR) is 122 cm³/mol. The summed E-state index contributed by atoms with van der Waals surface area (Å²) in [5, 5.41) is 9.35. The molecule has 1 heterocycles. The van der Waals surface area contributed by atoms with E-state index in [0.29, 0.717) is 12.0 Å². The summed E-state index contributed by atoms with van der Waals surface area (Å²) in [5.41, 5.74) is 6.32. The summed E-state index contributed by atoms with van der Waals surface area (Å²) in [6.45, 7) is 7.93. The van der Waals surface area contributed by atoms with Gasteiger partial charge in [-0.3, -0.25) is 9.36 Å². The molecule has 0 atom stereocenters. The van der Waals surface area contributed by atoms with E-state index in [2.05, 4.69) is 13.0 Å². The van der Waals surface area contributed by atoms with Gasteiger partial charge < -0.3 is 0 Å². The van der Waals surface area contributed by atoms with E-state index in [1.54, 1.807) is 4.57 Å². The Morgan fingerprint density at radius 1 is 1.13 bits per heavy atom. The van der Waals surface area contributed by atoms with E-state index < -0.39 is 0 Å². The van der Waals surface area contributed by atoms with Gasteiger partial charge in [-0.2, -0.15) is 5.26 Å². The maximum atomic E-state index is 13.2. The fourth-order valence-corrected chi connectivity index (χ4v) is 3.60. The third-order valence-electron chi connectivity index (χ3n) is 5.04. The van der Waals surface area contributed by atoms with Gasteiger partial charge in [-0.05, 0) is 49.9 Å². The minimum Gasteiger partial charge on any atom is -0.272 e. The lowest BCUT2D eigenvalue weighted by Gasteiger charge is -2.13. The lowest BCUT2D eigenvalue weighted by atomic mass is 9.97. The second-order valence-corrected chi connectivity index (χ2v) is 7.75. The molecule has 0 spiro atoms. The first-order valence-electron chi connectivity index (χ1n) is 10.3. The largest absolute Gasteiger partial charge is 0.272 e. The molecule has 0 bridgehead atoms. The summed E-state index contributed by atoms with van der Waals surface area (Å²) >= 11 is 0. The minimum atomic E-state index is 0.00560. The summed E-state index contributed by atoms with van der Waals surface area (Å²) in [6.07, 6.45) is 4.12. The summed E-state index contributed by atoms with van der Waals surface area (Å²) in [4.78, 5) is 18.0. The molecule has 0 radical (unpaired) electrons. The Hall–Kier alpha value is -3.45. The highest BCUT2D eigenvalue weighted by molar-refractivity contribution is 5.70. The fraction of sp³-hybridized carbons (Fsp3) is 0.269. The molecule has 4 heteroatoms. The first-order valence-corrected chi connectivity index (χ1v) is 10.3. The van der Waals surface area contributed by atoms with Crippen LogP contribution >= 0.6 is 0 Å². The zero-order chi connectivity index (χ0) is 21.7. The van der Waals surface area contributed by atoms with Crippen LogP contribution in [0.2, 0.25) is 0 Å². The van der Waals surface area contributed by atoms with Crippen LogP contribution in [-0.2, 0) is 12.8 Å². The molecular formula is C26H27N3O. The number of hydrogen-bond donors (Lipinski definition) is 0. The van der Waals surface area contributed by atoms with Gasteiger partial charge in [-0.25, -0.2) is 4.98 Å². The Morgan fingerprint density at radius 3 is 2.47 bits per heavy atom. The standard InChI is InChI=1S/C26H27N3O/c1-5-8-25-24(26(30)29(17-18(2)3)19(4)28-25)15-20-11-13-21(14-12-20)23-10-7-6-9-22(23)16-27/h6-7,9-14,17H,5,8,15H2,1-4H3. The van der Waals surface area contributed by atoms with Gasteiger partial charge >= 0.3 is 0 Å². The monoisotopic (exact) mass is 397 g/mol. The number of allylic oxidation sites excluding steroid dienone is 1. The van der Waals surface area contributed by atoms with E-state index in [9.17, 15) is 10.1 Å². The zero-order valence-electron chi connectivity index (χ0n) is 18.1. The molecule has 0 N–H and O–H groups in total. The highest BCUT2D eigenvalue weighted by Gasteiger charge is 2.14. The van der Waals surface area contributed by atoms with E-state index in [-0.39, 0.29) is 5.56 Å². The topological polar surface area (TPSA) is 58.7 Å². The third kappa shape index (κ3) is 4.58. The van der Waals surface area contributed by atoms with Crippen molar-refractivity contribution in [3.8, 4) is 17.2 Å². The molecule has 1 aromatic heterocycles. The second-order valence-electron chi connectivity index (χ2n) is 7.75. The SMILES string of the molecule is CCCc1nc(C)n(C=C(C)C)c(=O)c1Cc1ccc(-c2ccccc2C#N)cc1. The number of aromatic nitrogens is 2. The molecule has 152 valence electrons. The average Bonchev–Trinajstić information content (AvgIpc) is 2.74. The predicted octanol–water partition coefficient (Wildman–Crippen LogP) is 5.51. The molecule has 4 nitrogen and oxygen atoms in total. The molecule has 0 saturated heterocycles. The normalized spacial score (nSPS) is 10.5. The molecule has 0 aliphatic carbocycles. The smallest absolute Gasteiger partial charge is 0.261 e. The highest BCUT2D eigenvalue weighted by Crippen LogP contribution is 2.24. The summed E-state index contributed by atoms with van der Waals surface area (Å²) < 4.78 is 1.65. The van der Waals surface area contributed by atoms with Gasteiger partial charge in [0.1, 0.15) is 5.82 Å². The van der Waals surface area contributed by atoms with Crippen molar-refractivity contribution >= 4 is 6.20 Å². The Morgan fingerprint density at radius 2 is 1.83 bits per heavy atom. The number of benzene rings is 2. The number of aryl methyl sites for hydroxylation is 2. The van der Waals surface area contributed by atoms with Crippen molar-refractivity contribution in [3.05, 3.63) is 92.7 Å². The van der Waals surface area contributed by atoms with Gasteiger partial charge in [0.15, 0.2) is 0 Å². The van der Waals surface area contributed by atoms with Gasteiger partial charge in [-0.1, -0.05) is 61.4 Å². The van der Waals surface area contributed by atoms with Crippen molar-refractivity contribution in [1.29, 1.82) is 5.26 Å². The van der Waals surface area contributed by atoms with Crippen molar-refractivity contribution in [1.82, 2.24) is 9.55 Å². The first-order chi connectivity index (χ1) is 14.4. The van der Waals surface area contributed by atoms with E-state index in [1.807, 2.05) is 75.5 Å². The zero-order valence-corrected chi connectivity index (χ0v) is 18.1. The van der Waals surface area contributed by atoms with Gasteiger partial charge in [0.05, 0.1) is 17.3 Å². The van der Waals surface area contributed by atoms with Crippen molar-refractivity contribution in [2.75, 3.05) is 0 Å². The molecule has 3 aromatic rings. The van der Waals surface area contributed by atoms with Crippen LogP contribution in [-0.4, -0.2) is 9.55 Å². The summed E-state index contributed by atoms with van der Waals surface area (Å²) in [6, 6.07) is 17.9. The number of hydrogen-bond acceptors (Lipinski definition) is 3.